The lowest BCUT2D eigenvalue weighted by Crippen LogP contribution is -2.44. The maximum atomic E-state index is 9.05. The number of hydrogen-bond acceptors (Lipinski definition) is 3. The predicted molar refractivity (Wildman–Crippen MR) is 60.2 cm³/mol. The van der Waals surface area contributed by atoms with E-state index in [1.807, 2.05) is 0 Å². The highest BCUT2D eigenvalue weighted by Crippen LogP contribution is 2.18. The molecule has 15 heavy (non-hydrogen) atoms. The van der Waals surface area contributed by atoms with Crippen molar-refractivity contribution in [3.05, 3.63) is 29.8 Å². The molecule has 1 heterocycles. The number of morpholine rings is 1. The third-order valence-corrected chi connectivity index (χ3v) is 2.74. The summed E-state index contributed by atoms with van der Waals surface area (Å²) in [5.41, 5.74) is 2.48. The predicted octanol–water partition coefficient (Wildman–Crippen LogP) is 1.19. The second-order valence-corrected chi connectivity index (χ2v) is 3.96. The minimum Gasteiger partial charge on any atom is -0.394 e. The van der Waals surface area contributed by atoms with Crippen molar-refractivity contribution in [2.45, 2.75) is 13.0 Å². The molecule has 1 aromatic rings. The highest BCUT2D eigenvalue weighted by Gasteiger charge is 2.19. The minimum absolute atomic E-state index is 0.0416. The third kappa shape index (κ3) is 2.49. The zero-order valence-electron chi connectivity index (χ0n) is 9.02. The van der Waals surface area contributed by atoms with E-state index >= 15 is 0 Å². The minimum atomic E-state index is -0.0416. The average molecular weight is 207 g/mol. The van der Waals surface area contributed by atoms with E-state index in [0.717, 1.165) is 13.1 Å². The molecule has 0 aliphatic carbocycles. The molecule has 1 atom stereocenters. The summed E-state index contributed by atoms with van der Waals surface area (Å²) in [7, 11) is 0. The van der Waals surface area contributed by atoms with Gasteiger partial charge < -0.3 is 14.7 Å². The van der Waals surface area contributed by atoms with Gasteiger partial charge in [-0.1, -0.05) is 17.7 Å². The van der Waals surface area contributed by atoms with Crippen molar-refractivity contribution in [2.24, 2.45) is 0 Å². The van der Waals surface area contributed by atoms with E-state index in [-0.39, 0.29) is 12.7 Å². The molecule has 0 amide bonds. The molecule has 1 N–H and O–H groups in total. The van der Waals surface area contributed by atoms with Crippen LogP contribution in [0.25, 0.3) is 0 Å². The molecule has 3 nitrogen and oxygen atoms in total. The number of ether oxygens (including phenoxy) is 1. The number of benzene rings is 1. The lowest BCUT2D eigenvalue weighted by molar-refractivity contribution is 0.00357. The summed E-state index contributed by atoms with van der Waals surface area (Å²) in [5.74, 6) is 0. The number of aryl methyl sites for hydroxylation is 1. The summed E-state index contributed by atoms with van der Waals surface area (Å²) >= 11 is 0. The van der Waals surface area contributed by atoms with Crippen LogP contribution < -0.4 is 4.90 Å². The van der Waals surface area contributed by atoms with Crippen LogP contribution in [0.1, 0.15) is 5.56 Å². The van der Waals surface area contributed by atoms with Gasteiger partial charge in [0.05, 0.1) is 19.3 Å². The Hall–Kier alpha value is -1.06. The number of hydrogen-bond donors (Lipinski definition) is 1. The number of nitrogens with zero attached hydrogens (tertiary/aromatic N) is 1. The van der Waals surface area contributed by atoms with Crippen LogP contribution >= 0.6 is 0 Å². The van der Waals surface area contributed by atoms with Crippen LogP contribution in [0.3, 0.4) is 0 Å². The fraction of sp³-hybridized carbons (Fsp3) is 0.500. The van der Waals surface area contributed by atoms with Crippen molar-refractivity contribution >= 4 is 5.69 Å². The largest absolute Gasteiger partial charge is 0.394 e. The van der Waals surface area contributed by atoms with Crippen LogP contribution in [0.2, 0.25) is 0 Å². The van der Waals surface area contributed by atoms with Crippen LogP contribution in [0.4, 0.5) is 5.69 Å². The Labute approximate surface area is 90.3 Å². The van der Waals surface area contributed by atoms with E-state index in [1.54, 1.807) is 0 Å². The fourth-order valence-electron chi connectivity index (χ4n) is 1.82. The Bertz CT molecular complexity index is 310. The van der Waals surface area contributed by atoms with Gasteiger partial charge in [0.2, 0.25) is 0 Å². The Kier molecular flexibility index (Phi) is 3.23. The first-order valence-corrected chi connectivity index (χ1v) is 5.33. The first-order chi connectivity index (χ1) is 7.29. The van der Waals surface area contributed by atoms with Gasteiger partial charge in [-0.2, -0.15) is 0 Å². The van der Waals surface area contributed by atoms with Crippen molar-refractivity contribution in [1.29, 1.82) is 0 Å². The summed E-state index contributed by atoms with van der Waals surface area (Å²) in [6.07, 6.45) is -0.0416. The molecule has 1 unspecified atom stereocenters. The van der Waals surface area contributed by atoms with Gasteiger partial charge in [-0.3, -0.25) is 0 Å². The maximum absolute atomic E-state index is 9.05. The van der Waals surface area contributed by atoms with E-state index in [0.29, 0.717) is 6.61 Å². The van der Waals surface area contributed by atoms with E-state index in [1.165, 1.54) is 11.3 Å². The van der Waals surface area contributed by atoms with E-state index < -0.39 is 0 Å². The molecule has 0 aromatic heterocycles. The maximum Gasteiger partial charge on any atom is 0.0980 e. The smallest absolute Gasteiger partial charge is 0.0980 e. The quantitative estimate of drug-likeness (QED) is 0.790. The molecule has 2 rings (SSSR count). The highest BCUT2D eigenvalue weighted by molar-refractivity contribution is 5.47. The zero-order valence-corrected chi connectivity index (χ0v) is 9.02. The van der Waals surface area contributed by atoms with E-state index in [2.05, 4.69) is 36.1 Å². The Morgan fingerprint density at radius 2 is 2.13 bits per heavy atom. The van der Waals surface area contributed by atoms with Gasteiger partial charge in [0.15, 0.2) is 0 Å². The molecule has 0 spiro atoms. The molecule has 1 aliphatic rings. The lowest BCUT2D eigenvalue weighted by atomic mass is 10.2. The normalized spacial score (nSPS) is 21.7. The molecule has 0 saturated carbocycles. The fourth-order valence-corrected chi connectivity index (χ4v) is 1.82. The number of aliphatic hydroxyl groups excluding tert-OH is 1. The van der Waals surface area contributed by atoms with Crippen molar-refractivity contribution in [3.8, 4) is 0 Å². The Balaban J connectivity index is 2.06. The molecule has 0 bridgehead atoms. The Morgan fingerprint density at radius 3 is 2.80 bits per heavy atom. The summed E-state index contributed by atoms with van der Waals surface area (Å²) in [6, 6.07) is 8.46. The van der Waals surface area contributed by atoms with Crippen LogP contribution in [-0.4, -0.2) is 37.5 Å². The summed E-state index contributed by atoms with van der Waals surface area (Å²) in [4.78, 5) is 2.25. The van der Waals surface area contributed by atoms with Gasteiger partial charge in [0, 0.05) is 18.8 Å². The Morgan fingerprint density at radius 1 is 1.40 bits per heavy atom. The molecular weight excluding hydrogens is 190 g/mol. The third-order valence-electron chi connectivity index (χ3n) is 2.74. The van der Waals surface area contributed by atoms with Crippen molar-refractivity contribution in [2.75, 3.05) is 31.2 Å². The molecular formula is C12H17NO2. The van der Waals surface area contributed by atoms with Gasteiger partial charge >= 0.3 is 0 Å². The standard InChI is InChI=1S/C12H17NO2/c1-10-2-4-11(5-3-10)13-6-7-15-12(8-13)9-14/h2-5,12,14H,6-9H2,1H3. The van der Waals surface area contributed by atoms with Crippen molar-refractivity contribution in [3.63, 3.8) is 0 Å². The first-order valence-electron chi connectivity index (χ1n) is 5.33. The van der Waals surface area contributed by atoms with Gasteiger partial charge in [-0.25, -0.2) is 0 Å². The molecule has 1 fully saturated rings. The number of aliphatic hydroxyl groups is 1. The first kappa shape index (κ1) is 10.5. The summed E-state index contributed by atoms with van der Waals surface area (Å²) < 4.78 is 5.41. The van der Waals surface area contributed by atoms with E-state index in [4.69, 9.17) is 9.84 Å². The summed E-state index contributed by atoms with van der Waals surface area (Å²) in [5, 5.41) is 9.05. The van der Waals surface area contributed by atoms with Crippen molar-refractivity contribution in [1.82, 2.24) is 0 Å². The van der Waals surface area contributed by atoms with Gasteiger partial charge in [-0.05, 0) is 19.1 Å². The van der Waals surface area contributed by atoms with Crippen LogP contribution in [0, 0.1) is 6.92 Å². The highest BCUT2D eigenvalue weighted by atomic mass is 16.5. The van der Waals surface area contributed by atoms with E-state index in [9.17, 15) is 0 Å². The lowest BCUT2D eigenvalue weighted by Gasteiger charge is -2.33. The SMILES string of the molecule is Cc1ccc(N2CCOC(CO)C2)cc1. The zero-order chi connectivity index (χ0) is 10.7. The molecule has 1 saturated heterocycles. The summed E-state index contributed by atoms with van der Waals surface area (Å²) in [6.45, 7) is 4.56. The number of rotatable bonds is 2. The van der Waals surface area contributed by atoms with Gasteiger partial charge in [-0.15, -0.1) is 0 Å². The topological polar surface area (TPSA) is 32.7 Å². The molecule has 1 aliphatic heterocycles. The van der Waals surface area contributed by atoms with Gasteiger partial charge in [0.25, 0.3) is 0 Å². The second kappa shape index (κ2) is 4.64. The monoisotopic (exact) mass is 207 g/mol. The number of anilines is 1. The van der Waals surface area contributed by atoms with Crippen molar-refractivity contribution < 1.29 is 9.84 Å². The molecule has 0 radical (unpaired) electrons. The second-order valence-electron chi connectivity index (χ2n) is 3.96. The van der Waals surface area contributed by atoms with Crippen LogP contribution in [0.15, 0.2) is 24.3 Å². The molecule has 1 aromatic carbocycles. The molecule has 82 valence electrons. The van der Waals surface area contributed by atoms with Crippen LogP contribution in [0.5, 0.6) is 0 Å². The molecule has 3 heteroatoms. The van der Waals surface area contributed by atoms with Gasteiger partial charge in [0.1, 0.15) is 0 Å². The van der Waals surface area contributed by atoms with Crippen LogP contribution in [-0.2, 0) is 4.74 Å². The average Bonchev–Trinajstić information content (AvgIpc) is 2.30.